The molecular formula is C38H92N8O8. The Kier molecular flexibility index (Phi) is 64.5. The van der Waals surface area contributed by atoms with E-state index in [-0.39, 0.29) is 97.6 Å². The van der Waals surface area contributed by atoms with E-state index < -0.39 is 47.9 Å². The van der Waals surface area contributed by atoms with Gasteiger partial charge in [0.25, 0.3) is 0 Å². The molecule has 0 radical (unpaired) electrons. The highest BCUT2D eigenvalue weighted by Crippen LogP contribution is 2.09. The molecule has 0 heterocycles. The van der Waals surface area contributed by atoms with Crippen LogP contribution in [0, 0.1) is 0 Å². The quantitative estimate of drug-likeness (QED) is 0.0472. The highest BCUT2D eigenvalue weighted by molar-refractivity contribution is 5.94. The van der Waals surface area contributed by atoms with Gasteiger partial charge in [0.15, 0.2) is 0 Å². The van der Waals surface area contributed by atoms with Crippen molar-refractivity contribution in [1.29, 1.82) is 0 Å². The van der Waals surface area contributed by atoms with Gasteiger partial charge in [0, 0.05) is 20.1 Å². The zero-order valence-electron chi connectivity index (χ0n) is 27.6. The fourth-order valence-corrected chi connectivity index (χ4v) is 4.44. The van der Waals surface area contributed by atoms with Gasteiger partial charge in [0.1, 0.15) is 18.1 Å². The zero-order chi connectivity index (χ0) is 34.6. The number of ether oxygens (including phenoxy) is 2. The van der Waals surface area contributed by atoms with Crippen LogP contribution >= 0.6 is 0 Å². The molecule has 4 unspecified atom stereocenters. The van der Waals surface area contributed by atoms with Crippen LogP contribution in [-0.2, 0) is 33.4 Å². The number of methoxy groups -OCH3 is 1. The third-order valence-corrected chi connectivity index (χ3v) is 7.23. The first kappa shape index (κ1) is 72.4. The summed E-state index contributed by atoms with van der Waals surface area (Å²) >= 11 is 0. The van der Waals surface area contributed by atoms with Gasteiger partial charge in [-0.3, -0.25) is 19.2 Å². The predicted molar refractivity (Wildman–Crippen MR) is 228 cm³/mol. The molecule has 332 valence electrons. The van der Waals surface area contributed by atoms with Crippen LogP contribution in [0.3, 0.4) is 0 Å². The second kappa shape index (κ2) is 48.1. The molecule has 13 N–H and O–H groups in total. The minimum atomic E-state index is -1.19. The minimum absolute atomic E-state index is 0. The average molecular weight is 789 g/mol. The molecule has 0 saturated carbocycles. The number of carboxylic acid groups (broad SMARTS) is 1. The van der Waals surface area contributed by atoms with Gasteiger partial charge in [-0.2, -0.15) is 0 Å². The summed E-state index contributed by atoms with van der Waals surface area (Å²) in [7, 11) is 1.56. The number of nitrogens with one attached hydrogen (secondary N) is 4. The first-order valence-electron chi connectivity index (χ1n) is 16.4. The summed E-state index contributed by atoms with van der Waals surface area (Å²) in [5.74, 6) is -3.11. The maximum Gasteiger partial charge on any atom is 0.326 e. The Morgan fingerprint density at radius 1 is 0.556 bits per heavy atom. The summed E-state index contributed by atoms with van der Waals surface area (Å²) in [6.07, 6.45) is 5.82. The van der Waals surface area contributed by atoms with E-state index in [2.05, 4.69) is 21.3 Å². The van der Waals surface area contributed by atoms with E-state index in [1.54, 1.807) is 7.11 Å². The van der Waals surface area contributed by atoms with Crippen molar-refractivity contribution in [2.75, 3.05) is 53.1 Å². The van der Waals surface area contributed by atoms with Crippen molar-refractivity contribution in [2.24, 2.45) is 22.9 Å². The molecule has 54 heavy (non-hydrogen) atoms. The van der Waals surface area contributed by atoms with Crippen LogP contribution in [0.5, 0.6) is 0 Å². The van der Waals surface area contributed by atoms with Crippen molar-refractivity contribution in [1.82, 2.24) is 21.3 Å². The summed E-state index contributed by atoms with van der Waals surface area (Å²) in [6.45, 7) is 2.73. The van der Waals surface area contributed by atoms with E-state index >= 15 is 0 Å². The van der Waals surface area contributed by atoms with Crippen LogP contribution in [0.4, 0.5) is 0 Å². The molecule has 0 aromatic carbocycles. The highest BCUT2D eigenvalue weighted by atomic mass is 16.5. The maximum atomic E-state index is 13.4. The monoisotopic (exact) mass is 789 g/mol. The predicted octanol–water partition coefficient (Wildman–Crippen LogP) is 3.67. The smallest absolute Gasteiger partial charge is 0.326 e. The molecule has 0 spiro atoms. The van der Waals surface area contributed by atoms with Gasteiger partial charge in [-0.05, 0) is 90.3 Å². The molecule has 0 aliphatic carbocycles. The highest BCUT2D eigenvalue weighted by Gasteiger charge is 2.30. The number of nitrogens with two attached hydrogens (primary N) is 4. The van der Waals surface area contributed by atoms with Gasteiger partial charge in [-0.15, -0.1) is 0 Å². The second-order valence-electron chi connectivity index (χ2n) is 11.2. The van der Waals surface area contributed by atoms with Crippen molar-refractivity contribution in [3.63, 3.8) is 0 Å². The van der Waals surface area contributed by atoms with E-state index in [0.29, 0.717) is 97.2 Å². The van der Waals surface area contributed by atoms with E-state index in [1.165, 1.54) is 0 Å². The maximum absolute atomic E-state index is 13.4. The largest absolute Gasteiger partial charge is 0.480 e. The van der Waals surface area contributed by atoms with Crippen molar-refractivity contribution in [2.45, 2.75) is 167 Å². The van der Waals surface area contributed by atoms with Crippen molar-refractivity contribution in [3.8, 4) is 0 Å². The van der Waals surface area contributed by atoms with Gasteiger partial charge >= 0.3 is 5.97 Å². The van der Waals surface area contributed by atoms with Crippen molar-refractivity contribution < 1.29 is 38.6 Å². The fourth-order valence-electron chi connectivity index (χ4n) is 4.44. The van der Waals surface area contributed by atoms with Crippen LogP contribution in [-0.4, -0.2) is 112 Å². The van der Waals surface area contributed by atoms with E-state index in [9.17, 15) is 29.1 Å². The standard InChI is InChI=1S/C30H60N8O8.8CH4/c1-45-20-21-46-19-14-26(39)35-18-9-5-12-24(29(42)38-25(30(43)44)13-4-8-17-33)37-28(41)23(11-3-7-16-32)36-27(40)22(34)10-2-6-15-31;;;;;;;;/h22-25H,2-21,31-34H2,1H3,(H,35,39)(H,36,40)(H,37,41)(H,38,42)(H,43,44);8*1H4. The molecule has 0 bridgehead atoms. The molecule has 4 atom stereocenters. The van der Waals surface area contributed by atoms with Gasteiger partial charge in [-0.25, -0.2) is 4.79 Å². The number of unbranched alkanes of at least 4 members (excludes halogenated alkanes) is 4. The Balaban J connectivity index is -0.000000362. The number of hydrogen-bond donors (Lipinski definition) is 9. The number of hydrogen-bond acceptors (Lipinski definition) is 11. The molecule has 0 aromatic rings. The lowest BCUT2D eigenvalue weighted by Gasteiger charge is -2.25. The van der Waals surface area contributed by atoms with E-state index in [0.717, 1.165) is 0 Å². The average Bonchev–Trinajstić information content (AvgIpc) is 3.02. The SMILES string of the molecule is C.C.C.C.C.C.C.C.COCCOCCC(=O)NCCCCC(NC(=O)C(CCCCN)NC(=O)C(N)CCCCN)C(=O)NC(CCCCN)C(=O)O. The lowest BCUT2D eigenvalue weighted by atomic mass is 10.0. The summed E-state index contributed by atoms with van der Waals surface area (Å²) in [5, 5.41) is 20.4. The summed E-state index contributed by atoms with van der Waals surface area (Å²) in [6, 6.07) is -4.04. The van der Waals surface area contributed by atoms with Gasteiger partial charge in [-0.1, -0.05) is 65.8 Å². The summed E-state index contributed by atoms with van der Waals surface area (Å²) in [5.41, 5.74) is 22.7. The minimum Gasteiger partial charge on any atom is -0.480 e. The molecule has 0 aliphatic rings. The number of carbonyl (C=O) groups excluding carboxylic acids is 4. The number of carboxylic acids is 1. The topological polar surface area (TPSA) is 276 Å². The molecule has 0 saturated heterocycles. The summed E-state index contributed by atoms with van der Waals surface area (Å²) < 4.78 is 10.2. The Morgan fingerprint density at radius 3 is 1.41 bits per heavy atom. The number of amides is 4. The third kappa shape index (κ3) is 37.4. The Bertz CT molecular complexity index is 871. The molecular weight excluding hydrogens is 696 g/mol. The van der Waals surface area contributed by atoms with Crippen LogP contribution in [0.15, 0.2) is 0 Å². The van der Waals surface area contributed by atoms with E-state index in [4.69, 9.17) is 32.4 Å². The summed E-state index contributed by atoms with van der Waals surface area (Å²) in [4.78, 5) is 63.4. The number of aliphatic carboxylic acids is 1. The molecule has 16 nitrogen and oxygen atoms in total. The molecule has 0 aromatic heterocycles. The van der Waals surface area contributed by atoms with Crippen LogP contribution < -0.4 is 44.2 Å². The van der Waals surface area contributed by atoms with Crippen LogP contribution in [0.1, 0.15) is 143 Å². The normalized spacial score (nSPS) is 11.6. The Morgan fingerprint density at radius 2 is 0.963 bits per heavy atom. The van der Waals surface area contributed by atoms with Crippen LogP contribution in [0.2, 0.25) is 0 Å². The first-order chi connectivity index (χ1) is 22.1. The molecule has 0 aliphatic heterocycles. The molecule has 0 fully saturated rings. The Labute approximate surface area is 332 Å². The molecule has 0 rings (SSSR count). The lowest BCUT2D eigenvalue weighted by molar-refractivity contribution is -0.142. The number of rotatable bonds is 30. The fraction of sp³-hybridized carbons (Fsp3) is 0.868. The van der Waals surface area contributed by atoms with Gasteiger partial charge < -0.3 is 58.8 Å². The molecule has 4 amide bonds. The van der Waals surface area contributed by atoms with Gasteiger partial charge in [0.05, 0.1) is 25.9 Å². The zero-order valence-corrected chi connectivity index (χ0v) is 27.6. The van der Waals surface area contributed by atoms with Crippen LogP contribution in [0.25, 0.3) is 0 Å². The van der Waals surface area contributed by atoms with E-state index in [1.807, 2.05) is 0 Å². The van der Waals surface area contributed by atoms with Gasteiger partial charge in [0.2, 0.25) is 23.6 Å². The molecule has 16 heteroatoms. The van der Waals surface area contributed by atoms with Crippen molar-refractivity contribution in [3.05, 3.63) is 0 Å². The third-order valence-electron chi connectivity index (χ3n) is 7.23. The first-order valence-corrected chi connectivity index (χ1v) is 16.4. The second-order valence-corrected chi connectivity index (χ2v) is 11.2. The number of carbonyl (C=O) groups is 5. The lowest BCUT2D eigenvalue weighted by Crippen LogP contribution is -2.57. The van der Waals surface area contributed by atoms with Crippen molar-refractivity contribution >= 4 is 29.6 Å². The Hall–Kier alpha value is -2.89.